The van der Waals surface area contributed by atoms with Crippen molar-refractivity contribution in [2.45, 2.75) is 26.8 Å². The van der Waals surface area contributed by atoms with E-state index in [1.54, 1.807) is 0 Å². The Morgan fingerprint density at radius 2 is 2.09 bits per heavy atom. The van der Waals surface area contributed by atoms with Crippen molar-refractivity contribution >= 4 is 15.8 Å². The molecule has 1 aromatic carbocycles. The van der Waals surface area contributed by atoms with E-state index in [-0.39, 0.29) is 11.7 Å². The fourth-order valence-electron chi connectivity index (χ4n) is 2.57. The highest BCUT2D eigenvalue weighted by molar-refractivity contribution is 7.91. The van der Waals surface area contributed by atoms with Gasteiger partial charge in [0.1, 0.15) is 0 Å². The van der Waals surface area contributed by atoms with Gasteiger partial charge in [0.25, 0.3) is 0 Å². The average molecular weight is 323 g/mol. The molecular weight excluding hydrogens is 298 g/mol. The second-order valence-corrected chi connectivity index (χ2v) is 8.00. The number of aryl methyl sites for hydroxylation is 1. The predicted molar refractivity (Wildman–Crippen MR) is 90.8 cm³/mol. The highest BCUT2D eigenvalue weighted by atomic mass is 32.2. The Morgan fingerprint density at radius 1 is 1.32 bits per heavy atom. The molecular formula is C16H25N3O2S. The van der Waals surface area contributed by atoms with Gasteiger partial charge in [-0.2, -0.15) is 0 Å². The summed E-state index contributed by atoms with van der Waals surface area (Å²) in [7, 11) is -2.82. The lowest BCUT2D eigenvalue weighted by Gasteiger charge is -2.14. The Labute approximate surface area is 133 Å². The van der Waals surface area contributed by atoms with Crippen LogP contribution < -0.4 is 10.6 Å². The third kappa shape index (κ3) is 5.02. The molecule has 1 fully saturated rings. The van der Waals surface area contributed by atoms with Crippen molar-refractivity contribution in [1.29, 1.82) is 0 Å². The van der Waals surface area contributed by atoms with Gasteiger partial charge in [-0.1, -0.05) is 24.3 Å². The molecule has 122 valence electrons. The average Bonchev–Trinajstić information content (AvgIpc) is 2.83. The van der Waals surface area contributed by atoms with E-state index in [1.165, 1.54) is 11.1 Å². The van der Waals surface area contributed by atoms with Gasteiger partial charge in [0.05, 0.1) is 18.1 Å². The number of guanidine groups is 1. The van der Waals surface area contributed by atoms with Crippen LogP contribution in [0.15, 0.2) is 29.3 Å². The lowest BCUT2D eigenvalue weighted by Crippen LogP contribution is -2.40. The Bertz CT molecular complexity index is 626. The van der Waals surface area contributed by atoms with Crippen LogP contribution >= 0.6 is 0 Å². The Hall–Kier alpha value is -1.56. The summed E-state index contributed by atoms with van der Waals surface area (Å²) in [4.78, 5) is 4.59. The van der Waals surface area contributed by atoms with Crippen LogP contribution in [-0.4, -0.2) is 39.0 Å². The Morgan fingerprint density at radius 3 is 2.73 bits per heavy atom. The first-order valence-electron chi connectivity index (χ1n) is 7.77. The summed E-state index contributed by atoms with van der Waals surface area (Å²) in [5, 5.41) is 6.47. The minimum Gasteiger partial charge on any atom is -0.357 e. The summed E-state index contributed by atoms with van der Waals surface area (Å²) in [6.07, 6.45) is 0.743. The lowest BCUT2D eigenvalue weighted by molar-refractivity contribution is 0.567. The van der Waals surface area contributed by atoms with Crippen molar-refractivity contribution in [3.8, 4) is 0 Å². The van der Waals surface area contributed by atoms with Crippen LogP contribution in [0.25, 0.3) is 0 Å². The second kappa shape index (κ2) is 7.63. The van der Waals surface area contributed by atoms with E-state index in [0.29, 0.717) is 18.8 Å². The van der Waals surface area contributed by atoms with E-state index in [1.807, 2.05) is 19.1 Å². The fraction of sp³-hybridized carbons (Fsp3) is 0.562. The molecule has 22 heavy (non-hydrogen) atoms. The first kappa shape index (κ1) is 16.8. The van der Waals surface area contributed by atoms with Crippen molar-refractivity contribution in [3.05, 3.63) is 35.4 Å². The number of aliphatic imine (C=N–C) groups is 1. The molecule has 2 rings (SSSR count). The third-order valence-electron chi connectivity index (χ3n) is 3.90. The minimum atomic E-state index is -2.82. The van der Waals surface area contributed by atoms with Crippen molar-refractivity contribution in [2.75, 3.05) is 24.6 Å². The molecule has 1 saturated heterocycles. The summed E-state index contributed by atoms with van der Waals surface area (Å²) in [6, 6.07) is 8.19. The number of nitrogens with one attached hydrogen (secondary N) is 2. The molecule has 0 radical (unpaired) electrons. The molecule has 0 aromatic heterocycles. The van der Waals surface area contributed by atoms with Crippen LogP contribution in [0, 0.1) is 12.8 Å². The highest BCUT2D eigenvalue weighted by Gasteiger charge is 2.27. The Kier molecular flexibility index (Phi) is 5.83. The van der Waals surface area contributed by atoms with Gasteiger partial charge in [-0.25, -0.2) is 13.4 Å². The van der Waals surface area contributed by atoms with E-state index in [9.17, 15) is 8.42 Å². The molecule has 1 aliphatic heterocycles. The topological polar surface area (TPSA) is 70.6 Å². The van der Waals surface area contributed by atoms with Gasteiger partial charge in [-0.05, 0) is 37.3 Å². The molecule has 0 saturated carbocycles. The zero-order valence-corrected chi connectivity index (χ0v) is 14.1. The smallest absolute Gasteiger partial charge is 0.191 e. The molecule has 2 N–H and O–H groups in total. The predicted octanol–water partition coefficient (Wildman–Crippen LogP) is 1.48. The molecule has 1 aliphatic rings. The molecule has 1 aromatic rings. The Balaban J connectivity index is 1.92. The summed E-state index contributed by atoms with van der Waals surface area (Å²) < 4.78 is 23.0. The quantitative estimate of drug-likeness (QED) is 0.636. The maximum absolute atomic E-state index is 11.5. The third-order valence-corrected chi connectivity index (χ3v) is 5.73. The van der Waals surface area contributed by atoms with Gasteiger partial charge in [0.15, 0.2) is 15.8 Å². The number of nitrogens with zero attached hydrogens (tertiary/aromatic N) is 1. The van der Waals surface area contributed by atoms with E-state index in [0.717, 1.165) is 18.9 Å². The van der Waals surface area contributed by atoms with E-state index < -0.39 is 9.84 Å². The van der Waals surface area contributed by atoms with Crippen LogP contribution in [-0.2, 0) is 16.4 Å². The van der Waals surface area contributed by atoms with E-state index in [4.69, 9.17) is 0 Å². The molecule has 0 amide bonds. The van der Waals surface area contributed by atoms with Crippen LogP contribution in [0.4, 0.5) is 0 Å². The first-order valence-corrected chi connectivity index (χ1v) is 9.59. The molecule has 5 nitrogen and oxygen atoms in total. The number of hydrogen-bond donors (Lipinski definition) is 2. The zero-order chi connectivity index (χ0) is 16.0. The van der Waals surface area contributed by atoms with Crippen LogP contribution in [0.1, 0.15) is 24.5 Å². The molecule has 1 unspecified atom stereocenters. The number of benzene rings is 1. The maximum Gasteiger partial charge on any atom is 0.191 e. The van der Waals surface area contributed by atoms with Gasteiger partial charge in [0, 0.05) is 13.1 Å². The maximum atomic E-state index is 11.5. The van der Waals surface area contributed by atoms with Crippen molar-refractivity contribution in [3.63, 3.8) is 0 Å². The molecule has 0 spiro atoms. The van der Waals surface area contributed by atoms with Crippen LogP contribution in [0.3, 0.4) is 0 Å². The molecule has 1 heterocycles. The molecule has 6 heteroatoms. The summed E-state index contributed by atoms with van der Waals surface area (Å²) in [6.45, 7) is 6.14. The highest BCUT2D eigenvalue weighted by Crippen LogP contribution is 2.17. The summed E-state index contributed by atoms with van der Waals surface area (Å²) >= 11 is 0. The minimum absolute atomic E-state index is 0.187. The van der Waals surface area contributed by atoms with Gasteiger partial charge in [-0.3, -0.25) is 0 Å². The second-order valence-electron chi connectivity index (χ2n) is 5.77. The van der Waals surface area contributed by atoms with Gasteiger partial charge in [0.2, 0.25) is 0 Å². The van der Waals surface area contributed by atoms with Gasteiger partial charge >= 0.3 is 0 Å². The standard InChI is InChI=1S/C16H25N3O2S/c1-3-17-16(18-10-14-8-9-22(20,21)12-14)19-11-15-7-5-4-6-13(15)2/h4-7,14H,3,8-12H2,1-2H3,(H2,17,18,19). The SMILES string of the molecule is CCNC(=NCc1ccccc1C)NCC1CCS(=O)(=O)C1. The van der Waals surface area contributed by atoms with Gasteiger partial charge in [-0.15, -0.1) is 0 Å². The van der Waals surface area contributed by atoms with E-state index in [2.05, 4.69) is 34.7 Å². The summed E-state index contributed by atoms with van der Waals surface area (Å²) in [5.41, 5.74) is 2.42. The lowest BCUT2D eigenvalue weighted by atomic mass is 10.1. The molecule has 0 aliphatic carbocycles. The molecule has 0 bridgehead atoms. The van der Waals surface area contributed by atoms with E-state index >= 15 is 0 Å². The fourth-order valence-corrected chi connectivity index (χ4v) is 4.43. The normalized spacial score (nSPS) is 20.8. The summed E-state index contributed by atoms with van der Waals surface area (Å²) in [5.74, 6) is 1.54. The zero-order valence-electron chi connectivity index (χ0n) is 13.3. The van der Waals surface area contributed by atoms with Gasteiger partial charge < -0.3 is 10.6 Å². The van der Waals surface area contributed by atoms with Crippen LogP contribution in [0.2, 0.25) is 0 Å². The largest absolute Gasteiger partial charge is 0.357 e. The van der Waals surface area contributed by atoms with Crippen molar-refractivity contribution in [2.24, 2.45) is 10.9 Å². The first-order chi connectivity index (χ1) is 10.5. The monoisotopic (exact) mass is 323 g/mol. The van der Waals surface area contributed by atoms with Crippen molar-refractivity contribution in [1.82, 2.24) is 10.6 Å². The number of sulfone groups is 1. The van der Waals surface area contributed by atoms with Crippen molar-refractivity contribution < 1.29 is 8.42 Å². The van der Waals surface area contributed by atoms with Crippen LogP contribution in [0.5, 0.6) is 0 Å². The number of hydrogen-bond acceptors (Lipinski definition) is 3. The molecule has 1 atom stereocenters. The number of rotatable bonds is 5.